The Morgan fingerprint density at radius 1 is 1.00 bits per heavy atom. The molecule has 0 radical (unpaired) electrons. The van der Waals surface area contributed by atoms with Crippen LogP contribution in [0.2, 0.25) is 18.6 Å². The molecule has 0 aliphatic rings. The van der Waals surface area contributed by atoms with E-state index in [1.807, 2.05) is 32.9 Å². The van der Waals surface area contributed by atoms with Gasteiger partial charge in [-0.25, -0.2) is 0 Å². The molecule has 0 unspecified atom stereocenters. The Morgan fingerprint density at radius 2 is 1.59 bits per heavy atom. The lowest BCUT2D eigenvalue weighted by Gasteiger charge is -2.31. The molecule has 27 heavy (non-hydrogen) atoms. The van der Waals surface area contributed by atoms with Crippen molar-refractivity contribution in [3.05, 3.63) is 76.9 Å². The average Bonchev–Trinajstić information content (AvgIpc) is 2.60. The molecule has 2 aromatic rings. The maximum atomic E-state index is 12.7. The first-order valence-corrected chi connectivity index (χ1v) is 12.6. The molecular formula is C24H30O2Si. The van der Waals surface area contributed by atoms with Crippen molar-refractivity contribution in [2.45, 2.75) is 52.2 Å². The third-order valence-electron chi connectivity index (χ3n) is 5.53. The van der Waals surface area contributed by atoms with E-state index in [4.69, 9.17) is 0 Å². The van der Waals surface area contributed by atoms with Crippen molar-refractivity contribution >= 4 is 25.3 Å². The molecule has 0 saturated heterocycles. The summed E-state index contributed by atoms with van der Waals surface area (Å²) >= 11 is 0. The monoisotopic (exact) mass is 378 g/mol. The van der Waals surface area contributed by atoms with Gasteiger partial charge in [0.15, 0.2) is 5.78 Å². The zero-order chi connectivity index (χ0) is 20.0. The molecule has 2 nitrogen and oxygen atoms in total. The van der Waals surface area contributed by atoms with Crippen LogP contribution in [0, 0.1) is 20.8 Å². The van der Waals surface area contributed by atoms with Crippen LogP contribution in [0.4, 0.5) is 0 Å². The normalized spacial score (nSPS) is 12.9. The maximum Gasteiger partial charge on any atom is 0.186 e. The SMILES string of the molecule is Cc1cc(C)c(C(=O)/C=C/C[C@@H](CC=O)[Si](C)(C)c2ccccc2)c(C)c1. The zero-order valence-corrected chi connectivity index (χ0v) is 18.1. The Bertz CT molecular complexity index is 812. The topological polar surface area (TPSA) is 34.1 Å². The van der Waals surface area contributed by atoms with E-state index in [-0.39, 0.29) is 11.3 Å². The maximum absolute atomic E-state index is 12.7. The second-order valence-corrected chi connectivity index (χ2v) is 12.8. The van der Waals surface area contributed by atoms with E-state index >= 15 is 0 Å². The van der Waals surface area contributed by atoms with Gasteiger partial charge in [0.2, 0.25) is 0 Å². The van der Waals surface area contributed by atoms with Gasteiger partial charge in [-0.3, -0.25) is 4.79 Å². The van der Waals surface area contributed by atoms with Gasteiger partial charge in [0, 0.05) is 12.0 Å². The third kappa shape index (κ3) is 5.13. The molecule has 142 valence electrons. The second kappa shape index (κ2) is 9.09. The van der Waals surface area contributed by atoms with Crippen molar-refractivity contribution in [2.75, 3.05) is 0 Å². The Labute approximate surface area is 164 Å². The van der Waals surface area contributed by atoms with Gasteiger partial charge in [-0.15, -0.1) is 0 Å². The van der Waals surface area contributed by atoms with Gasteiger partial charge in [-0.05, 0) is 49.9 Å². The average molecular weight is 379 g/mol. The van der Waals surface area contributed by atoms with Gasteiger partial charge in [0.25, 0.3) is 0 Å². The Kier molecular flexibility index (Phi) is 7.09. The van der Waals surface area contributed by atoms with Crippen molar-refractivity contribution in [2.24, 2.45) is 0 Å². The number of hydrogen-bond acceptors (Lipinski definition) is 2. The first-order chi connectivity index (χ1) is 12.8. The van der Waals surface area contributed by atoms with Crippen LogP contribution in [0.3, 0.4) is 0 Å². The smallest absolute Gasteiger partial charge is 0.186 e. The van der Waals surface area contributed by atoms with E-state index in [0.717, 1.165) is 29.4 Å². The molecule has 0 aliphatic heterocycles. The number of hydrogen-bond donors (Lipinski definition) is 0. The predicted octanol–water partition coefficient (Wildman–Crippen LogP) is 5.32. The summed E-state index contributed by atoms with van der Waals surface area (Å²) in [5.74, 6) is 0.0500. The van der Waals surface area contributed by atoms with Crippen LogP contribution in [-0.4, -0.2) is 20.1 Å². The number of aldehydes is 1. The number of carbonyl (C=O) groups is 2. The summed E-state index contributed by atoms with van der Waals surface area (Å²) in [4.78, 5) is 24.0. The van der Waals surface area contributed by atoms with Crippen molar-refractivity contribution in [1.82, 2.24) is 0 Å². The van der Waals surface area contributed by atoms with Gasteiger partial charge in [-0.1, -0.05) is 72.4 Å². The minimum atomic E-state index is -1.80. The minimum absolute atomic E-state index is 0.0500. The lowest BCUT2D eigenvalue weighted by molar-refractivity contribution is -0.107. The molecule has 0 amide bonds. The molecule has 0 saturated carbocycles. The molecule has 0 bridgehead atoms. The lowest BCUT2D eigenvalue weighted by atomic mass is 9.96. The first-order valence-electron chi connectivity index (χ1n) is 9.55. The van der Waals surface area contributed by atoms with Crippen LogP contribution in [0.1, 0.15) is 39.9 Å². The minimum Gasteiger partial charge on any atom is -0.303 e. The Balaban J connectivity index is 2.18. The first kappa shape index (κ1) is 21.0. The van der Waals surface area contributed by atoms with E-state index in [2.05, 4.69) is 49.5 Å². The van der Waals surface area contributed by atoms with Crippen molar-refractivity contribution in [3.63, 3.8) is 0 Å². The number of benzene rings is 2. The van der Waals surface area contributed by atoms with Crippen molar-refractivity contribution < 1.29 is 9.59 Å². The largest absolute Gasteiger partial charge is 0.303 e. The highest BCUT2D eigenvalue weighted by molar-refractivity contribution is 6.91. The molecule has 0 heterocycles. The zero-order valence-electron chi connectivity index (χ0n) is 17.1. The third-order valence-corrected chi connectivity index (χ3v) is 9.87. The van der Waals surface area contributed by atoms with Gasteiger partial charge >= 0.3 is 0 Å². The highest BCUT2D eigenvalue weighted by Gasteiger charge is 2.32. The summed E-state index contributed by atoms with van der Waals surface area (Å²) < 4.78 is 0. The van der Waals surface area contributed by atoms with Crippen LogP contribution >= 0.6 is 0 Å². The highest BCUT2D eigenvalue weighted by atomic mass is 28.3. The highest BCUT2D eigenvalue weighted by Crippen LogP contribution is 2.29. The summed E-state index contributed by atoms with van der Waals surface area (Å²) in [6.07, 6.45) is 5.97. The molecule has 0 aromatic heterocycles. The summed E-state index contributed by atoms with van der Waals surface area (Å²) in [7, 11) is -1.80. The van der Waals surface area contributed by atoms with Crippen LogP contribution in [-0.2, 0) is 4.79 Å². The quantitative estimate of drug-likeness (QED) is 0.270. The standard InChI is InChI=1S/C24H30O2Si/c1-18-16-19(2)24(20(3)17-18)23(26)13-9-12-22(14-15-25)27(4,5)21-10-7-6-8-11-21/h6-11,13,15-17,22H,12,14H2,1-5H3/b13-9+/t22-/m0/s1. The molecule has 3 heteroatoms. The van der Waals surface area contributed by atoms with Gasteiger partial charge < -0.3 is 4.79 Å². The van der Waals surface area contributed by atoms with E-state index < -0.39 is 8.07 Å². The summed E-state index contributed by atoms with van der Waals surface area (Å²) in [5, 5.41) is 1.35. The van der Waals surface area contributed by atoms with Crippen molar-refractivity contribution in [1.29, 1.82) is 0 Å². The molecule has 0 N–H and O–H groups in total. The Morgan fingerprint density at radius 3 is 2.15 bits per heavy atom. The molecular weight excluding hydrogens is 348 g/mol. The second-order valence-electron chi connectivity index (χ2n) is 7.96. The molecule has 0 fully saturated rings. The fourth-order valence-corrected chi connectivity index (χ4v) is 6.83. The van der Waals surface area contributed by atoms with Crippen molar-refractivity contribution in [3.8, 4) is 0 Å². The van der Waals surface area contributed by atoms with E-state index in [9.17, 15) is 9.59 Å². The molecule has 0 spiro atoms. The number of aryl methyl sites for hydroxylation is 3. The molecule has 2 rings (SSSR count). The summed E-state index contributed by atoms with van der Waals surface area (Å²) in [6.45, 7) is 10.6. The van der Waals surface area contributed by atoms with Crippen LogP contribution < -0.4 is 5.19 Å². The molecule has 0 aliphatic carbocycles. The van der Waals surface area contributed by atoms with Crippen LogP contribution in [0.15, 0.2) is 54.6 Å². The number of carbonyl (C=O) groups excluding carboxylic acids is 2. The van der Waals surface area contributed by atoms with Gasteiger partial charge in [-0.2, -0.15) is 0 Å². The molecule has 2 aromatic carbocycles. The Hall–Kier alpha value is -2.26. The fourth-order valence-electron chi connectivity index (χ4n) is 3.90. The molecule has 1 atom stereocenters. The summed E-state index contributed by atoms with van der Waals surface area (Å²) in [6, 6.07) is 14.6. The van der Waals surface area contributed by atoms with Gasteiger partial charge in [0.1, 0.15) is 6.29 Å². The number of allylic oxidation sites excluding steroid dienone is 2. The number of ketones is 1. The van der Waals surface area contributed by atoms with E-state index in [1.54, 1.807) is 6.08 Å². The van der Waals surface area contributed by atoms with Crippen LogP contribution in [0.5, 0.6) is 0 Å². The van der Waals surface area contributed by atoms with Crippen LogP contribution in [0.25, 0.3) is 0 Å². The van der Waals surface area contributed by atoms with E-state index in [1.165, 1.54) is 10.8 Å². The predicted molar refractivity (Wildman–Crippen MR) is 117 cm³/mol. The lowest BCUT2D eigenvalue weighted by Crippen LogP contribution is -2.46. The summed E-state index contributed by atoms with van der Waals surface area (Å²) in [5.41, 5.74) is 4.29. The fraction of sp³-hybridized carbons (Fsp3) is 0.333. The number of rotatable bonds is 8. The van der Waals surface area contributed by atoms with E-state index in [0.29, 0.717) is 6.42 Å². The van der Waals surface area contributed by atoms with Gasteiger partial charge in [0.05, 0.1) is 8.07 Å².